The SMILES string of the molecule is CC(C)c1cccc(C(C)C)c1-c1ccnc(-n2c3[c-]c(Oc4[c-]c(N5C=C(C(C)(C)C)N(c6ccc(C(C)(C)C)cc6)[CH-]5)cc(-c5ccc(C(C)(C)C)cc5)c4)ccc3c3ccccc32)c1.[Pt]. The van der Waals surface area contributed by atoms with Crippen LogP contribution in [-0.2, 0) is 31.9 Å². The smallest absolute Gasteiger partial charge is 0.136 e. The Bertz CT molecular complexity index is 3110. The van der Waals surface area contributed by atoms with Crippen LogP contribution in [0.5, 0.6) is 11.5 Å². The maximum Gasteiger partial charge on any atom is 0.136 e. The first-order valence-corrected chi connectivity index (χ1v) is 23.9. The number of allylic oxidation sites excluding steroid dienone is 1. The van der Waals surface area contributed by atoms with Crippen molar-refractivity contribution in [1.29, 1.82) is 0 Å². The molecule has 1 aliphatic rings. The number of nitrogens with zero attached hydrogens (tertiary/aromatic N) is 4. The van der Waals surface area contributed by atoms with Crippen LogP contribution in [0.1, 0.15) is 124 Å². The monoisotopic (exact) mass is 1080 g/mol. The van der Waals surface area contributed by atoms with Crippen molar-refractivity contribution in [1.82, 2.24) is 9.55 Å². The predicted molar refractivity (Wildman–Crippen MR) is 282 cm³/mol. The first kappa shape index (κ1) is 48.6. The second kappa shape index (κ2) is 18.5. The molecule has 0 N–H and O–H groups in total. The quantitative estimate of drug-likeness (QED) is 0.135. The van der Waals surface area contributed by atoms with Crippen LogP contribution in [-0.4, -0.2) is 9.55 Å². The molecule has 0 atom stereocenters. The molecule has 2 aromatic heterocycles. The zero-order chi connectivity index (χ0) is 47.6. The van der Waals surface area contributed by atoms with Gasteiger partial charge >= 0.3 is 0 Å². The molecule has 0 bridgehead atoms. The number of rotatable bonds is 9. The van der Waals surface area contributed by atoms with E-state index >= 15 is 0 Å². The molecule has 352 valence electrons. The maximum atomic E-state index is 6.92. The third-order valence-electron chi connectivity index (χ3n) is 13.1. The van der Waals surface area contributed by atoms with Crippen molar-refractivity contribution in [3.05, 3.63) is 187 Å². The number of hydrogen-bond donors (Lipinski definition) is 0. The van der Waals surface area contributed by atoms with Crippen molar-refractivity contribution >= 4 is 33.2 Å². The van der Waals surface area contributed by atoms with Gasteiger partial charge < -0.3 is 19.1 Å². The molecule has 6 aromatic carbocycles. The Hall–Kier alpha value is -5.90. The van der Waals surface area contributed by atoms with Crippen LogP contribution in [0.25, 0.3) is 49.9 Å². The van der Waals surface area contributed by atoms with Gasteiger partial charge in [-0.15, -0.1) is 53.6 Å². The number of para-hydroxylation sites is 1. The third-order valence-corrected chi connectivity index (χ3v) is 13.1. The van der Waals surface area contributed by atoms with Gasteiger partial charge in [-0.1, -0.05) is 168 Å². The molecule has 6 heteroatoms. The summed E-state index contributed by atoms with van der Waals surface area (Å²) < 4.78 is 9.15. The van der Waals surface area contributed by atoms with Crippen molar-refractivity contribution in [3.8, 4) is 39.6 Å². The summed E-state index contributed by atoms with van der Waals surface area (Å²) in [5.74, 6) is 2.77. The molecule has 1 aliphatic heterocycles. The molecule has 5 nitrogen and oxygen atoms in total. The van der Waals surface area contributed by atoms with Gasteiger partial charge in [-0.05, 0) is 104 Å². The minimum absolute atomic E-state index is 0. The number of aromatic nitrogens is 2. The van der Waals surface area contributed by atoms with E-state index in [0.29, 0.717) is 23.3 Å². The Morgan fingerprint density at radius 2 is 1.21 bits per heavy atom. The van der Waals surface area contributed by atoms with Crippen LogP contribution in [0, 0.1) is 24.2 Å². The normalized spacial score (nSPS) is 13.5. The van der Waals surface area contributed by atoms with Gasteiger partial charge in [0.2, 0.25) is 0 Å². The minimum atomic E-state index is -0.139. The first-order valence-electron chi connectivity index (χ1n) is 23.9. The molecule has 0 radical (unpaired) electrons. The van der Waals surface area contributed by atoms with Gasteiger partial charge in [0.25, 0.3) is 0 Å². The molecule has 0 aliphatic carbocycles. The van der Waals surface area contributed by atoms with Gasteiger partial charge in [0.1, 0.15) is 5.82 Å². The Kier molecular flexibility index (Phi) is 13.2. The molecule has 0 saturated heterocycles. The fraction of sp³-hybridized carbons (Fsp3) is 0.290. The van der Waals surface area contributed by atoms with Crippen LogP contribution in [0.2, 0.25) is 0 Å². The molecule has 3 heterocycles. The second-order valence-electron chi connectivity index (χ2n) is 22.0. The van der Waals surface area contributed by atoms with Crippen LogP contribution >= 0.6 is 0 Å². The van der Waals surface area contributed by atoms with Crippen molar-refractivity contribution in [2.24, 2.45) is 5.41 Å². The van der Waals surface area contributed by atoms with Crippen LogP contribution in [0.15, 0.2) is 145 Å². The predicted octanol–water partition coefficient (Wildman–Crippen LogP) is 17.1. The molecule has 0 fully saturated rings. The van der Waals surface area contributed by atoms with Gasteiger partial charge in [0.05, 0.1) is 0 Å². The van der Waals surface area contributed by atoms with E-state index in [1.807, 2.05) is 12.3 Å². The largest absolute Gasteiger partial charge is 0.509 e. The molecule has 8 aromatic rings. The molecule has 68 heavy (non-hydrogen) atoms. The standard InChI is InChI=1S/C62H65N4O.Pt/c1-40(2)51-18-16-19-52(41(3)4)59(51)43-31-32-63-58(35-43)66-55-20-15-14-17-53(55)54-30-29-49(37-56(54)66)67-50-34-44(42-21-23-45(24-22-42)60(5,6)7)33-48(36-50)64-38-57(62(11,12)13)65(39-64)47-27-25-46(26-28-47)61(8,9)10;/h14-35,38-41H,1-13H3;/q-3;. The van der Waals surface area contributed by atoms with Gasteiger partial charge in [0, 0.05) is 61.1 Å². The van der Waals surface area contributed by atoms with E-state index in [1.165, 1.54) is 33.5 Å². The average Bonchev–Trinajstić information content (AvgIpc) is 3.89. The zero-order valence-electron chi connectivity index (χ0n) is 42.0. The first-order chi connectivity index (χ1) is 31.7. The van der Waals surface area contributed by atoms with Gasteiger partial charge in [0.15, 0.2) is 0 Å². The number of ether oxygens (including phenoxy) is 1. The van der Waals surface area contributed by atoms with Crippen molar-refractivity contribution in [2.45, 2.75) is 113 Å². The minimum Gasteiger partial charge on any atom is -0.509 e. The summed E-state index contributed by atoms with van der Waals surface area (Å²) in [5, 5.41) is 2.22. The summed E-state index contributed by atoms with van der Waals surface area (Å²) >= 11 is 0. The molecule has 0 amide bonds. The van der Waals surface area contributed by atoms with Crippen LogP contribution in [0.3, 0.4) is 0 Å². The maximum absolute atomic E-state index is 6.92. The van der Waals surface area contributed by atoms with Crippen molar-refractivity contribution in [2.75, 3.05) is 9.80 Å². The molecule has 0 spiro atoms. The van der Waals surface area contributed by atoms with Crippen molar-refractivity contribution in [3.63, 3.8) is 0 Å². The summed E-state index contributed by atoms with van der Waals surface area (Å²) in [6.45, 7) is 31.6. The molecular formula is C62H65N4OPt-3. The summed E-state index contributed by atoms with van der Waals surface area (Å²) in [6, 6.07) is 53.5. The van der Waals surface area contributed by atoms with E-state index in [4.69, 9.17) is 9.72 Å². The van der Waals surface area contributed by atoms with Gasteiger partial charge in [-0.2, -0.15) is 6.07 Å². The number of pyridine rings is 1. The number of hydrogen-bond acceptors (Lipinski definition) is 4. The van der Waals surface area contributed by atoms with Crippen LogP contribution in [0.4, 0.5) is 11.4 Å². The van der Waals surface area contributed by atoms with Gasteiger partial charge in [-0.3, -0.25) is 0 Å². The van der Waals surface area contributed by atoms with Crippen molar-refractivity contribution < 1.29 is 25.8 Å². The van der Waals surface area contributed by atoms with E-state index < -0.39 is 0 Å². The van der Waals surface area contributed by atoms with E-state index in [2.05, 4.69) is 251 Å². The molecule has 0 saturated carbocycles. The topological polar surface area (TPSA) is 33.5 Å². The Morgan fingerprint density at radius 3 is 1.82 bits per heavy atom. The van der Waals surface area contributed by atoms with E-state index in [0.717, 1.165) is 55.7 Å². The van der Waals surface area contributed by atoms with E-state index in [9.17, 15) is 0 Å². The van der Waals surface area contributed by atoms with Crippen LogP contribution < -0.4 is 14.5 Å². The number of anilines is 2. The second-order valence-corrected chi connectivity index (χ2v) is 22.0. The summed E-state index contributed by atoms with van der Waals surface area (Å²) in [5.41, 5.74) is 15.0. The molecular weight excluding hydrogens is 1010 g/mol. The average molecular weight is 1080 g/mol. The Morgan fingerprint density at radius 1 is 0.574 bits per heavy atom. The summed E-state index contributed by atoms with van der Waals surface area (Å²) in [4.78, 5) is 9.53. The van der Waals surface area contributed by atoms with E-state index in [-0.39, 0.29) is 37.3 Å². The Labute approximate surface area is 420 Å². The zero-order valence-corrected chi connectivity index (χ0v) is 44.3. The summed E-state index contributed by atoms with van der Waals surface area (Å²) in [6.07, 6.45) is 4.18. The van der Waals surface area contributed by atoms with E-state index in [1.54, 1.807) is 0 Å². The Balaban J connectivity index is 0.00000625. The van der Waals surface area contributed by atoms with Gasteiger partial charge in [-0.25, -0.2) is 4.98 Å². The number of benzene rings is 6. The third kappa shape index (κ3) is 9.57. The summed E-state index contributed by atoms with van der Waals surface area (Å²) in [7, 11) is 0. The molecule has 9 rings (SSSR count). The fourth-order valence-electron chi connectivity index (χ4n) is 9.35. The number of fused-ring (bicyclic) bond motifs is 3. The fourth-order valence-corrected chi connectivity index (χ4v) is 9.35. The molecule has 0 unspecified atom stereocenters.